The van der Waals surface area contributed by atoms with Gasteiger partial charge in [-0.3, -0.25) is 9.59 Å². The lowest BCUT2D eigenvalue weighted by molar-refractivity contribution is 0.103. The van der Waals surface area contributed by atoms with Crippen molar-refractivity contribution in [1.29, 1.82) is 0 Å². The highest BCUT2D eigenvalue weighted by Crippen LogP contribution is 2.34. The van der Waals surface area contributed by atoms with Gasteiger partial charge in [0.15, 0.2) is 11.6 Å². The number of carbonyl (C=O) groups excluding carboxylic acids is 2. The summed E-state index contributed by atoms with van der Waals surface area (Å²) in [7, 11) is 5.63. The highest BCUT2D eigenvalue weighted by molar-refractivity contribution is 6.16. The van der Waals surface area contributed by atoms with Crippen molar-refractivity contribution < 1.29 is 39.0 Å². The van der Waals surface area contributed by atoms with Gasteiger partial charge in [0.25, 0.3) is 0 Å². The summed E-state index contributed by atoms with van der Waals surface area (Å²) in [6, 6.07) is 12.3. The van der Waals surface area contributed by atoms with Gasteiger partial charge < -0.3 is 29.4 Å². The van der Waals surface area contributed by atoms with Gasteiger partial charge in [-0.15, -0.1) is 0 Å². The molecule has 0 heterocycles. The van der Waals surface area contributed by atoms with Gasteiger partial charge >= 0.3 is 0 Å². The van der Waals surface area contributed by atoms with Crippen molar-refractivity contribution in [1.82, 2.24) is 0 Å². The largest absolute Gasteiger partial charge is 0.496 e. The molecule has 0 aliphatic rings. The van der Waals surface area contributed by atoms with Crippen LogP contribution in [0.5, 0.6) is 23.0 Å². The van der Waals surface area contributed by atoms with Crippen LogP contribution < -0.4 is 18.9 Å². The molecular formula is C26H24N2O8. The lowest BCUT2D eigenvalue weighted by atomic mass is 9.94. The first kappa shape index (κ1) is 25.8. The number of nitrogens with zero attached hydrogens (tertiary/aromatic N) is 2. The maximum Gasteiger partial charge on any atom is 0.196 e. The predicted octanol–water partition coefficient (Wildman–Crippen LogP) is 3.80. The van der Waals surface area contributed by atoms with Crippen LogP contribution in [0.1, 0.15) is 43.0 Å². The summed E-state index contributed by atoms with van der Waals surface area (Å²) >= 11 is 0. The molecule has 3 aromatic rings. The van der Waals surface area contributed by atoms with E-state index in [1.165, 1.54) is 46.6 Å². The molecule has 0 bridgehead atoms. The molecule has 0 spiro atoms. The molecule has 0 saturated heterocycles. The normalized spacial score (nSPS) is 11.0. The second-order valence-corrected chi connectivity index (χ2v) is 7.25. The average Bonchev–Trinajstić information content (AvgIpc) is 2.92. The smallest absolute Gasteiger partial charge is 0.196 e. The summed E-state index contributed by atoms with van der Waals surface area (Å²) < 4.78 is 21.4. The summed E-state index contributed by atoms with van der Waals surface area (Å²) in [4.78, 5) is 26.8. The number of oxime groups is 2. The minimum absolute atomic E-state index is 0.152. The molecule has 10 nitrogen and oxygen atoms in total. The molecular weight excluding hydrogens is 468 g/mol. The van der Waals surface area contributed by atoms with E-state index >= 15 is 0 Å². The number of benzene rings is 3. The van der Waals surface area contributed by atoms with E-state index in [-0.39, 0.29) is 44.9 Å². The summed E-state index contributed by atoms with van der Waals surface area (Å²) in [6.07, 6.45) is 2.22. The Kier molecular flexibility index (Phi) is 8.24. The molecule has 0 atom stereocenters. The van der Waals surface area contributed by atoms with E-state index < -0.39 is 11.6 Å². The van der Waals surface area contributed by atoms with Crippen molar-refractivity contribution in [3.63, 3.8) is 0 Å². The first-order valence-corrected chi connectivity index (χ1v) is 10.5. The molecule has 10 heteroatoms. The lowest BCUT2D eigenvalue weighted by Crippen LogP contribution is -2.10. The average molecular weight is 492 g/mol. The Morgan fingerprint density at radius 1 is 0.667 bits per heavy atom. The number of methoxy groups -OCH3 is 4. The molecule has 36 heavy (non-hydrogen) atoms. The molecule has 0 amide bonds. The lowest BCUT2D eigenvalue weighted by Gasteiger charge is -2.15. The van der Waals surface area contributed by atoms with Gasteiger partial charge in [-0.1, -0.05) is 28.5 Å². The van der Waals surface area contributed by atoms with Crippen LogP contribution in [-0.4, -0.2) is 62.8 Å². The van der Waals surface area contributed by atoms with Crippen molar-refractivity contribution in [3.05, 3.63) is 81.9 Å². The van der Waals surface area contributed by atoms with E-state index in [1.54, 1.807) is 30.3 Å². The Hall–Kier alpha value is -4.86. The van der Waals surface area contributed by atoms with Crippen LogP contribution >= 0.6 is 0 Å². The molecule has 0 radical (unpaired) electrons. The molecule has 186 valence electrons. The zero-order chi connectivity index (χ0) is 26.2. The van der Waals surface area contributed by atoms with Gasteiger partial charge in [-0.25, -0.2) is 0 Å². The molecule has 0 aliphatic carbocycles. The molecule has 2 N–H and O–H groups in total. The minimum atomic E-state index is -0.424. The number of ketones is 2. The Balaban J connectivity index is 2.09. The third-order valence-corrected chi connectivity index (χ3v) is 5.41. The standard InChI is InChI=1S/C26H24N2O8/c1-33-21-10-8-17(25(35-3)19(21)13-27-31)23(29)15-6-5-7-16(12-15)24(30)18-9-11-22(34-2)20(14-28-32)26(18)36-4/h5-14,31-32H,1-4H3/b27-13+,28-14+. The van der Waals surface area contributed by atoms with Gasteiger partial charge in [-0.05, 0) is 30.3 Å². The molecule has 3 rings (SSSR count). The summed E-state index contributed by atoms with van der Waals surface area (Å²) in [5, 5.41) is 24.1. The van der Waals surface area contributed by atoms with Gasteiger partial charge in [0.1, 0.15) is 23.0 Å². The number of carbonyl (C=O) groups is 2. The molecule has 0 aromatic heterocycles. The zero-order valence-corrected chi connectivity index (χ0v) is 20.0. The van der Waals surface area contributed by atoms with Crippen molar-refractivity contribution in [2.24, 2.45) is 10.3 Å². The second-order valence-electron chi connectivity index (χ2n) is 7.25. The van der Waals surface area contributed by atoms with Crippen LogP contribution in [0.2, 0.25) is 0 Å². The summed E-state index contributed by atoms with van der Waals surface area (Å²) in [6.45, 7) is 0. The van der Waals surface area contributed by atoms with E-state index in [1.807, 2.05) is 0 Å². The van der Waals surface area contributed by atoms with E-state index in [0.29, 0.717) is 11.5 Å². The number of hydrogen-bond donors (Lipinski definition) is 2. The SMILES string of the molecule is COc1ccc(C(=O)c2cccc(C(=O)c3ccc(OC)c(/C=N/O)c3OC)c2)c(OC)c1/C=N/O. The molecule has 3 aromatic carbocycles. The number of ether oxygens (including phenoxy) is 4. The molecule has 0 saturated carbocycles. The fourth-order valence-corrected chi connectivity index (χ4v) is 3.79. The zero-order valence-electron chi connectivity index (χ0n) is 20.0. The first-order valence-electron chi connectivity index (χ1n) is 10.5. The fraction of sp³-hybridized carbons (Fsp3) is 0.154. The highest BCUT2D eigenvalue weighted by atomic mass is 16.5. The van der Waals surface area contributed by atoms with Crippen molar-refractivity contribution in [2.45, 2.75) is 0 Å². The monoisotopic (exact) mass is 492 g/mol. The van der Waals surface area contributed by atoms with Crippen LogP contribution in [0.25, 0.3) is 0 Å². The summed E-state index contributed by atoms with van der Waals surface area (Å²) in [5.41, 5.74) is 1.37. The summed E-state index contributed by atoms with van der Waals surface area (Å²) in [5.74, 6) is 0.147. The van der Waals surface area contributed by atoms with Crippen LogP contribution in [0.3, 0.4) is 0 Å². The Labute approximate surface area is 207 Å². The first-order chi connectivity index (χ1) is 17.4. The Bertz CT molecular complexity index is 1250. The quantitative estimate of drug-likeness (QED) is 0.189. The van der Waals surface area contributed by atoms with Gasteiger partial charge in [0.05, 0.1) is 63.1 Å². The van der Waals surface area contributed by atoms with Crippen molar-refractivity contribution in [3.8, 4) is 23.0 Å². The van der Waals surface area contributed by atoms with Crippen LogP contribution in [-0.2, 0) is 0 Å². The van der Waals surface area contributed by atoms with Crippen LogP contribution in [0, 0.1) is 0 Å². The number of rotatable bonds is 10. The van der Waals surface area contributed by atoms with E-state index in [9.17, 15) is 9.59 Å². The van der Waals surface area contributed by atoms with Crippen LogP contribution in [0.4, 0.5) is 0 Å². The maximum atomic E-state index is 13.4. The van der Waals surface area contributed by atoms with E-state index in [2.05, 4.69) is 10.3 Å². The Morgan fingerprint density at radius 2 is 1.08 bits per heavy atom. The molecule has 0 fully saturated rings. The Morgan fingerprint density at radius 3 is 1.42 bits per heavy atom. The minimum Gasteiger partial charge on any atom is -0.496 e. The van der Waals surface area contributed by atoms with Gasteiger partial charge in [0.2, 0.25) is 0 Å². The third kappa shape index (κ3) is 4.83. The van der Waals surface area contributed by atoms with Crippen LogP contribution in [0.15, 0.2) is 58.8 Å². The van der Waals surface area contributed by atoms with E-state index in [0.717, 1.165) is 12.4 Å². The fourth-order valence-electron chi connectivity index (χ4n) is 3.79. The molecule has 0 aliphatic heterocycles. The number of hydrogen-bond acceptors (Lipinski definition) is 10. The third-order valence-electron chi connectivity index (χ3n) is 5.41. The topological polar surface area (TPSA) is 136 Å². The van der Waals surface area contributed by atoms with Gasteiger partial charge in [0, 0.05) is 11.1 Å². The second kappa shape index (κ2) is 11.5. The van der Waals surface area contributed by atoms with E-state index in [4.69, 9.17) is 29.4 Å². The highest BCUT2D eigenvalue weighted by Gasteiger charge is 2.23. The van der Waals surface area contributed by atoms with Crippen molar-refractivity contribution >= 4 is 24.0 Å². The van der Waals surface area contributed by atoms with Crippen molar-refractivity contribution in [2.75, 3.05) is 28.4 Å². The van der Waals surface area contributed by atoms with Gasteiger partial charge in [-0.2, -0.15) is 0 Å². The molecule has 0 unspecified atom stereocenters. The predicted molar refractivity (Wildman–Crippen MR) is 131 cm³/mol. The maximum absolute atomic E-state index is 13.4.